The predicted octanol–water partition coefficient (Wildman–Crippen LogP) is 9.62. The molecule has 1 aromatic rings. The van der Waals surface area contributed by atoms with Gasteiger partial charge in [0.2, 0.25) is 0 Å². The molecule has 0 nitrogen and oxygen atoms in total. The lowest BCUT2D eigenvalue weighted by molar-refractivity contribution is 0.604. The lowest BCUT2D eigenvalue weighted by Crippen LogP contribution is -1.96. The van der Waals surface area contributed by atoms with Crippen LogP contribution in [0, 0.1) is 0 Å². The van der Waals surface area contributed by atoms with Crippen LogP contribution < -0.4 is 0 Å². The molecule has 0 aliphatic carbocycles. The zero-order chi connectivity index (χ0) is 20.3. The molecule has 0 aliphatic heterocycles. The highest BCUT2D eigenvalue weighted by atomic mass is 14.1. The molecule has 0 aliphatic rings. The van der Waals surface area contributed by atoms with Crippen molar-refractivity contribution in [3.63, 3.8) is 0 Å². The highest BCUT2D eigenvalue weighted by molar-refractivity contribution is 5.30. The SMILES string of the molecule is CCCCCCCCc1cc(CCCCCC)cc(CCCCCCCC)c1. The van der Waals surface area contributed by atoms with Gasteiger partial charge in [0.1, 0.15) is 0 Å². The van der Waals surface area contributed by atoms with Gasteiger partial charge in [-0.15, -0.1) is 0 Å². The largest absolute Gasteiger partial charge is 0.0654 e. The molecule has 0 aromatic heterocycles. The topological polar surface area (TPSA) is 0 Å². The maximum Gasteiger partial charge on any atom is -0.0279 e. The first-order chi connectivity index (χ1) is 13.8. The van der Waals surface area contributed by atoms with Gasteiger partial charge in [0, 0.05) is 0 Å². The van der Waals surface area contributed by atoms with Crippen LogP contribution in [-0.4, -0.2) is 0 Å². The van der Waals surface area contributed by atoms with Crippen LogP contribution in [0.2, 0.25) is 0 Å². The number of unbranched alkanes of at least 4 members (excludes halogenated alkanes) is 13. The predicted molar refractivity (Wildman–Crippen MR) is 128 cm³/mol. The summed E-state index contributed by atoms with van der Waals surface area (Å²) in [6, 6.07) is 7.60. The first kappa shape index (κ1) is 25.3. The Morgan fingerprint density at radius 1 is 0.357 bits per heavy atom. The van der Waals surface area contributed by atoms with E-state index in [4.69, 9.17) is 0 Å². The van der Waals surface area contributed by atoms with E-state index in [-0.39, 0.29) is 0 Å². The van der Waals surface area contributed by atoms with Crippen molar-refractivity contribution in [1.29, 1.82) is 0 Å². The molecule has 0 saturated carbocycles. The van der Waals surface area contributed by atoms with Crippen molar-refractivity contribution in [1.82, 2.24) is 0 Å². The summed E-state index contributed by atoms with van der Waals surface area (Å²) in [5.41, 5.74) is 4.84. The Balaban J connectivity index is 2.49. The third-order valence-electron chi connectivity index (χ3n) is 6.07. The number of hydrogen-bond acceptors (Lipinski definition) is 0. The lowest BCUT2D eigenvalue weighted by atomic mass is 9.95. The highest BCUT2D eigenvalue weighted by Gasteiger charge is 2.03. The van der Waals surface area contributed by atoms with Crippen LogP contribution >= 0.6 is 0 Å². The zero-order valence-corrected chi connectivity index (χ0v) is 19.7. The van der Waals surface area contributed by atoms with Gasteiger partial charge in [0.15, 0.2) is 0 Å². The molecular formula is C28H50. The van der Waals surface area contributed by atoms with Gasteiger partial charge in [-0.3, -0.25) is 0 Å². The van der Waals surface area contributed by atoms with E-state index in [1.165, 1.54) is 122 Å². The Hall–Kier alpha value is -0.780. The van der Waals surface area contributed by atoms with Crippen LogP contribution in [0.5, 0.6) is 0 Å². The van der Waals surface area contributed by atoms with Crippen molar-refractivity contribution >= 4 is 0 Å². The average molecular weight is 387 g/mol. The lowest BCUT2D eigenvalue weighted by Gasteiger charge is -2.11. The summed E-state index contributed by atoms with van der Waals surface area (Å²) in [5, 5.41) is 0. The minimum atomic E-state index is 1.29. The van der Waals surface area contributed by atoms with Crippen LogP contribution in [0.15, 0.2) is 18.2 Å². The van der Waals surface area contributed by atoms with Crippen LogP contribution in [0.3, 0.4) is 0 Å². The molecule has 1 rings (SSSR count). The Morgan fingerprint density at radius 3 is 0.929 bits per heavy atom. The summed E-state index contributed by atoms with van der Waals surface area (Å²) in [4.78, 5) is 0. The summed E-state index contributed by atoms with van der Waals surface area (Å²) >= 11 is 0. The van der Waals surface area contributed by atoms with Gasteiger partial charge in [0.25, 0.3) is 0 Å². The molecule has 0 atom stereocenters. The van der Waals surface area contributed by atoms with E-state index in [9.17, 15) is 0 Å². The standard InChI is InChI=1S/C28H50/c1-4-7-10-13-15-18-21-27-23-26(20-17-12-9-6-3)24-28(25-27)22-19-16-14-11-8-5-2/h23-25H,4-22H2,1-3H3. The first-order valence-electron chi connectivity index (χ1n) is 12.9. The van der Waals surface area contributed by atoms with E-state index in [1.807, 2.05) is 0 Å². The third kappa shape index (κ3) is 13.4. The average Bonchev–Trinajstić information content (AvgIpc) is 2.70. The van der Waals surface area contributed by atoms with E-state index in [1.54, 1.807) is 16.7 Å². The molecule has 0 saturated heterocycles. The summed E-state index contributed by atoms with van der Waals surface area (Å²) in [6.07, 6.45) is 26.2. The number of hydrogen-bond donors (Lipinski definition) is 0. The summed E-state index contributed by atoms with van der Waals surface area (Å²) in [7, 11) is 0. The molecule has 0 unspecified atom stereocenters. The van der Waals surface area contributed by atoms with Crippen LogP contribution in [-0.2, 0) is 19.3 Å². The highest BCUT2D eigenvalue weighted by Crippen LogP contribution is 2.19. The number of aryl methyl sites for hydroxylation is 3. The van der Waals surface area contributed by atoms with Gasteiger partial charge in [0.05, 0.1) is 0 Å². The van der Waals surface area contributed by atoms with Crippen molar-refractivity contribution in [2.45, 2.75) is 143 Å². The Labute approximate surface area is 177 Å². The molecule has 0 bridgehead atoms. The summed E-state index contributed by atoms with van der Waals surface area (Å²) < 4.78 is 0. The Morgan fingerprint density at radius 2 is 0.607 bits per heavy atom. The first-order valence-corrected chi connectivity index (χ1v) is 12.9. The van der Waals surface area contributed by atoms with Crippen molar-refractivity contribution in [3.05, 3.63) is 34.9 Å². The molecule has 1 aromatic carbocycles. The summed E-state index contributed by atoms with van der Waals surface area (Å²) in [5.74, 6) is 0. The Bertz CT molecular complexity index is 425. The monoisotopic (exact) mass is 386 g/mol. The van der Waals surface area contributed by atoms with Gasteiger partial charge in [-0.05, 0) is 55.2 Å². The van der Waals surface area contributed by atoms with E-state index in [0.717, 1.165) is 0 Å². The van der Waals surface area contributed by atoms with E-state index in [0.29, 0.717) is 0 Å². The van der Waals surface area contributed by atoms with E-state index < -0.39 is 0 Å². The van der Waals surface area contributed by atoms with Gasteiger partial charge in [-0.1, -0.05) is 122 Å². The number of benzene rings is 1. The molecule has 0 heterocycles. The van der Waals surface area contributed by atoms with Crippen LogP contribution in [0.1, 0.15) is 140 Å². The minimum Gasteiger partial charge on any atom is -0.0654 e. The molecule has 0 N–H and O–H groups in total. The number of rotatable bonds is 19. The molecular weight excluding hydrogens is 336 g/mol. The quantitative estimate of drug-likeness (QED) is 0.208. The summed E-state index contributed by atoms with van der Waals surface area (Å²) in [6.45, 7) is 6.91. The van der Waals surface area contributed by atoms with Crippen molar-refractivity contribution in [3.8, 4) is 0 Å². The van der Waals surface area contributed by atoms with Crippen LogP contribution in [0.4, 0.5) is 0 Å². The smallest absolute Gasteiger partial charge is 0.0279 e. The van der Waals surface area contributed by atoms with Gasteiger partial charge >= 0.3 is 0 Å². The second-order valence-corrected chi connectivity index (χ2v) is 9.00. The second-order valence-electron chi connectivity index (χ2n) is 9.00. The van der Waals surface area contributed by atoms with E-state index >= 15 is 0 Å². The van der Waals surface area contributed by atoms with E-state index in [2.05, 4.69) is 39.0 Å². The third-order valence-corrected chi connectivity index (χ3v) is 6.07. The van der Waals surface area contributed by atoms with Crippen molar-refractivity contribution < 1.29 is 0 Å². The molecule has 0 spiro atoms. The fourth-order valence-corrected chi connectivity index (χ4v) is 4.25. The Kier molecular flexibility index (Phi) is 16.5. The fourth-order valence-electron chi connectivity index (χ4n) is 4.25. The molecule has 162 valence electrons. The maximum absolute atomic E-state index is 2.54. The molecule has 28 heavy (non-hydrogen) atoms. The molecule has 0 amide bonds. The van der Waals surface area contributed by atoms with Crippen LogP contribution in [0.25, 0.3) is 0 Å². The minimum absolute atomic E-state index is 1.29. The van der Waals surface area contributed by atoms with Gasteiger partial charge < -0.3 is 0 Å². The second kappa shape index (κ2) is 18.3. The van der Waals surface area contributed by atoms with Gasteiger partial charge in [-0.2, -0.15) is 0 Å². The van der Waals surface area contributed by atoms with Crippen molar-refractivity contribution in [2.75, 3.05) is 0 Å². The molecule has 0 fully saturated rings. The fraction of sp³-hybridized carbons (Fsp3) is 0.786. The normalized spacial score (nSPS) is 11.2. The molecule has 0 heteroatoms. The van der Waals surface area contributed by atoms with Crippen molar-refractivity contribution in [2.24, 2.45) is 0 Å². The van der Waals surface area contributed by atoms with Gasteiger partial charge in [-0.25, -0.2) is 0 Å². The maximum atomic E-state index is 2.54. The zero-order valence-electron chi connectivity index (χ0n) is 19.7. The molecule has 0 radical (unpaired) electrons.